The Bertz CT molecular complexity index is 1110. The second-order valence-electron chi connectivity index (χ2n) is 6.59. The number of ether oxygens (including phenoxy) is 1. The molecular formula is C22H19BrO5S. The molecule has 0 aliphatic heterocycles. The van der Waals surface area contributed by atoms with Gasteiger partial charge in [-0.05, 0) is 41.5 Å². The van der Waals surface area contributed by atoms with Crippen LogP contribution in [-0.4, -0.2) is 19.5 Å². The summed E-state index contributed by atoms with van der Waals surface area (Å²) in [5.41, 5.74) is 1.86. The zero-order valence-corrected chi connectivity index (χ0v) is 17.8. The van der Waals surface area contributed by atoms with Gasteiger partial charge in [-0.2, -0.15) is 0 Å². The van der Waals surface area contributed by atoms with E-state index in [0.717, 1.165) is 10.0 Å². The number of halogens is 1. The van der Waals surface area contributed by atoms with Crippen molar-refractivity contribution in [2.45, 2.75) is 17.9 Å². The lowest BCUT2D eigenvalue weighted by Gasteiger charge is -2.13. The standard InChI is InChI=1S/C22H19BrO5S/c23-19-9-10-21(28-20-8-4-7-17(11-20)12-22(24)25)18(13-19)15-29(26,27)14-16-5-2-1-3-6-16/h1-11,13H,12,14-15H2,(H,24,25). The number of rotatable bonds is 8. The number of carboxylic acids is 1. The smallest absolute Gasteiger partial charge is 0.307 e. The quantitative estimate of drug-likeness (QED) is 0.497. The van der Waals surface area contributed by atoms with Crippen molar-refractivity contribution < 1.29 is 23.1 Å². The van der Waals surface area contributed by atoms with Gasteiger partial charge in [0.05, 0.1) is 17.9 Å². The van der Waals surface area contributed by atoms with Crippen LogP contribution in [0.3, 0.4) is 0 Å². The number of sulfone groups is 1. The lowest BCUT2D eigenvalue weighted by atomic mass is 10.1. The van der Waals surface area contributed by atoms with Crippen molar-refractivity contribution in [1.29, 1.82) is 0 Å². The Morgan fingerprint density at radius 1 is 0.897 bits per heavy atom. The van der Waals surface area contributed by atoms with Gasteiger partial charge in [0.15, 0.2) is 9.84 Å². The molecule has 0 amide bonds. The van der Waals surface area contributed by atoms with Crippen LogP contribution >= 0.6 is 15.9 Å². The number of hydrogen-bond acceptors (Lipinski definition) is 4. The summed E-state index contributed by atoms with van der Waals surface area (Å²) in [6.07, 6.45) is -0.115. The van der Waals surface area contributed by atoms with Crippen molar-refractivity contribution in [2.24, 2.45) is 0 Å². The predicted molar refractivity (Wildman–Crippen MR) is 115 cm³/mol. The third-order valence-corrected chi connectivity index (χ3v) is 6.13. The molecule has 3 aromatic rings. The molecule has 0 saturated heterocycles. The van der Waals surface area contributed by atoms with Crippen LogP contribution in [0.2, 0.25) is 0 Å². The third kappa shape index (κ3) is 6.44. The van der Waals surface area contributed by atoms with E-state index >= 15 is 0 Å². The van der Waals surface area contributed by atoms with Crippen molar-refractivity contribution in [2.75, 3.05) is 0 Å². The average molecular weight is 475 g/mol. The molecule has 0 aromatic heterocycles. The molecule has 29 heavy (non-hydrogen) atoms. The van der Waals surface area contributed by atoms with Gasteiger partial charge < -0.3 is 9.84 Å². The number of aliphatic carboxylic acids is 1. The van der Waals surface area contributed by atoms with Gasteiger partial charge in [-0.3, -0.25) is 4.79 Å². The number of hydrogen-bond donors (Lipinski definition) is 1. The Balaban J connectivity index is 1.84. The normalized spacial score (nSPS) is 11.2. The zero-order chi connectivity index (χ0) is 20.9. The highest BCUT2D eigenvalue weighted by Gasteiger charge is 2.17. The summed E-state index contributed by atoms with van der Waals surface area (Å²) in [7, 11) is -3.42. The lowest BCUT2D eigenvalue weighted by molar-refractivity contribution is -0.136. The maximum Gasteiger partial charge on any atom is 0.307 e. The van der Waals surface area contributed by atoms with Crippen molar-refractivity contribution in [1.82, 2.24) is 0 Å². The molecule has 0 atom stereocenters. The van der Waals surface area contributed by atoms with Crippen LogP contribution in [0.15, 0.2) is 77.3 Å². The van der Waals surface area contributed by atoms with Gasteiger partial charge in [-0.25, -0.2) is 8.42 Å². The fraction of sp³-hybridized carbons (Fsp3) is 0.136. The van der Waals surface area contributed by atoms with Gasteiger partial charge in [0.1, 0.15) is 11.5 Å². The largest absolute Gasteiger partial charge is 0.481 e. The Morgan fingerprint density at radius 3 is 2.34 bits per heavy atom. The Kier molecular flexibility index (Phi) is 6.71. The summed E-state index contributed by atoms with van der Waals surface area (Å²) >= 11 is 3.38. The van der Waals surface area contributed by atoms with Gasteiger partial charge in [-0.1, -0.05) is 58.4 Å². The fourth-order valence-corrected chi connectivity index (χ4v) is 4.81. The Hall–Kier alpha value is -2.64. The summed E-state index contributed by atoms with van der Waals surface area (Å²) in [5.74, 6) is -0.303. The fourth-order valence-electron chi connectivity index (χ4n) is 2.90. The van der Waals surface area contributed by atoms with Gasteiger partial charge in [0.2, 0.25) is 0 Å². The molecule has 5 nitrogen and oxygen atoms in total. The van der Waals surface area contributed by atoms with Gasteiger partial charge >= 0.3 is 5.97 Å². The molecule has 0 bridgehead atoms. The average Bonchev–Trinajstić information content (AvgIpc) is 2.64. The minimum Gasteiger partial charge on any atom is -0.481 e. The Labute approximate surface area is 178 Å². The topological polar surface area (TPSA) is 80.7 Å². The van der Waals surface area contributed by atoms with E-state index in [-0.39, 0.29) is 17.9 Å². The zero-order valence-electron chi connectivity index (χ0n) is 15.4. The molecule has 1 N–H and O–H groups in total. The molecule has 3 rings (SSSR count). The maximum atomic E-state index is 12.7. The number of carbonyl (C=O) groups is 1. The third-order valence-electron chi connectivity index (χ3n) is 4.11. The second kappa shape index (κ2) is 9.24. The number of carboxylic acid groups (broad SMARTS) is 1. The van der Waals surface area contributed by atoms with E-state index in [9.17, 15) is 13.2 Å². The van der Waals surface area contributed by atoms with E-state index in [0.29, 0.717) is 22.6 Å². The van der Waals surface area contributed by atoms with Crippen molar-refractivity contribution in [3.05, 3.63) is 94.0 Å². The second-order valence-corrected chi connectivity index (χ2v) is 9.57. The summed E-state index contributed by atoms with van der Waals surface area (Å²) in [6, 6.07) is 21.0. The van der Waals surface area contributed by atoms with Crippen LogP contribution in [0.1, 0.15) is 16.7 Å². The molecular weight excluding hydrogens is 456 g/mol. The molecule has 7 heteroatoms. The van der Waals surface area contributed by atoms with Crippen molar-refractivity contribution in [3.63, 3.8) is 0 Å². The first-order chi connectivity index (χ1) is 13.8. The SMILES string of the molecule is O=C(O)Cc1cccc(Oc2ccc(Br)cc2CS(=O)(=O)Cc2ccccc2)c1. The molecule has 0 aliphatic rings. The van der Waals surface area contributed by atoms with Crippen LogP contribution in [0.4, 0.5) is 0 Å². The van der Waals surface area contributed by atoms with Crippen LogP contribution in [-0.2, 0) is 32.6 Å². The predicted octanol–water partition coefficient (Wildman–Crippen LogP) is 4.98. The van der Waals surface area contributed by atoms with Crippen LogP contribution in [0.25, 0.3) is 0 Å². The van der Waals surface area contributed by atoms with Gasteiger partial charge in [0, 0.05) is 10.0 Å². The molecule has 0 heterocycles. The molecule has 0 aliphatic carbocycles. The van der Waals surface area contributed by atoms with E-state index in [2.05, 4.69) is 15.9 Å². The first-order valence-corrected chi connectivity index (χ1v) is 11.4. The van der Waals surface area contributed by atoms with Crippen LogP contribution < -0.4 is 4.74 Å². The highest BCUT2D eigenvalue weighted by molar-refractivity contribution is 9.10. The lowest BCUT2D eigenvalue weighted by Crippen LogP contribution is -2.08. The minimum absolute atomic E-state index is 0.0616. The summed E-state index contributed by atoms with van der Waals surface area (Å²) in [6.45, 7) is 0. The summed E-state index contributed by atoms with van der Waals surface area (Å²) in [5, 5.41) is 8.96. The van der Waals surface area contributed by atoms with E-state index in [1.807, 2.05) is 18.2 Å². The molecule has 0 radical (unpaired) electrons. The molecule has 0 unspecified atom stereocenters. The molecule has 0 fully saturated rings. The van der Waals surface area contributed by atoms with Crippen LogP contribution in [0.5, 0.6) is 11.5 Å². The molecule has 3 aromatic carbocycles. The first kappa shape index (κ1) is 21.1. The van der Waals surface area contributed by atoms with E-state index < -0.39 is 15.8 Å². The molecule has 150 valence electrons. The highest BCUT2D eigenvalue weighted by atomic mass is 79.9. The maximum absolute atomic E-state index is 12.7. The van der Waals surface area contributed by atoms with E-state index in [1.54, 1.807) is 54.6 Å². The number of benzene rings is 3. The van der Waals surface area contributed by atoms with Crippen LogP contribution in [0, 0.1) is 0 Å². The summed E-state index contributed by atoms with van der Waals surface area (Å²) < 4.78 is 32.1. The first-order valence-electron chi connectivity index (χ1n) is 8.82. The summed E-state index contributed by atoms with van der Waals surface area (Å²) in [4.78, 5) is 10.9. The van der Waals surface area contributed by atoms with Crippen molar-refractivity contribution in [3.8, 4) is 11.5 Å². The van der Waals surface area contributed by atoms with Gasteiger partial charge in [-0.15, -0.1) is 0 Å². The Morgan fingerprint density at radius 2 is 1.62 bits per heavy atom. The molecule has 0 spiro atoms. The van der Waals surface area contributed by atoms with E-state index in [4.69, 9.17) is 9.84 Å². The minimum atomic E-state index is -3.42. The monoisotopic (exact) mass is 474 g/mol. The highest BCUT2D eigenvalue weighted by Crippen LogP contribution is 2.30. The molecule has 0 saturated carbocycles. The van der Waals surface area contributed by atoms with Crippen molar-refractivity contribution >= 4 is 31.7 Å². The van der Waals surface area contributed by atoms with Gasteiger partial charge in [0.25, 0.3) is 0 Å². The van der Waals surface area contributed by atoms with E-state index in [1.165, 1.54) is 0 Å².